The topological polar surface area (TPSA) is 79.6 Å². The smallest absolute Gasteiger partial charge is 0.319 e. The van der Waals surface area contributed by atoms with Crippen LogP contribution in [-0.4, -0.2) is 37.0 Å². The van der Waals surface area contributed by atoms with Crippen molar-refractivity contribution in [2.24, 2.45) is 0 Å². The van der Waals surface area contributed by atoms with Gasteiger partial charge in [-0.1, -0.05) is 5.16 Å². The minimum atomic E-state index is -0.257. The molecule has 2 aromatic rings. The summed E-state index contributed by atoms with van der Waals surface area (Å²) < 4.78 is 10.7. The molecule has 0 aliphatic carbocycles. The average molecular weight is 344 g/mol. The molecule has 0 radical (unpaired) electrons. The molecule has 0 unspecified atom stereocenters. The van der Waals surface area contributed by atoms with Crippen molar-refractivity contribution in [2.45, 2.75) is 33.4 Å². The highest BCUT2D eigenvalue weighted by atomic mass is 16.5. The number of amides is 2. The van der Waals surface area contributed by atoms with Crippen LogP contribution >= 0.6 is 0 Å². The van der Waals surface area contributed by atoms with Crippen LogP contribution in [0.25, 0.3) is 0 Å². The van der Waals surface area contributed by atoms with E-state index in [1.165, 1.54) is 0 Å². The monoisotopic (exact) mass is 344 g/mol. The van der Waals surface area contributed by atoms with E-state index in [4.69, 9.17) is 9.26 Å². The third kappa shape index (κ3) is 4.30. The number of rotatable bonds is 4. The van der Waals surface area contributed by atoms with Gasteiger partial charge in [0.2, 0.25) is 0 Å². The summed E-state index contributed by atoms with van der Waals surface area (Å²) in [6, 6.07) is 7.59. The Hall–Kier alpha value is -2.54. The van der Waals surface area contributed by atoms with Gasteiger partial charge in [-0.25, -0.2) is 4.79 Å². The molecule has 1 aliphatic heterocycles. The molecule has 0 saturated carbocycles. The molecule has 2 heterocycles. The van der Waals surface area contributed by atoms with Gasteiger partial charge in [-0.15, -0.1) is 0 Å². The summed E-state index contributed by atoms with van der Waals surface area (Å²) in [5.41, 5.74) is 3.59. The minimum absolute atomic E-state index is 0.238. The van der Waals surface area contributed by atoms with Crippen LogP contribution in [0.3, 0.4) is 0 Å². The molecule has 0 bridgehead atoms. The second-order valence-corrected chi connectivity index (χ2v) is 6.28. The van der Waals surface area contributed by atoms with Crippen LogP contribution in [0.5, 0.6) is 0 Å². The van der Waals surface area contributed by atoms with E-state index in [1.54, 1.807) is 0 Å². The van der Waals surface area contributed by atoms with Crippen molar-refractivity contribution in [3.63, 3.8) is 0 Å². The van der Waals surface area contributed by atoms with E-state index in [0.29, 0.717) is 6.54 Å². The minimum Gasteiger partial charge on any atom is -0.375 e. The fraction of sp³-hybridized carbons (Fsp3) is 0.444. The molecule has 7 heteroatoms. The van der Waals surface area contributed by atoms with Crippen molar-refractivity contribution in [1.82, 2.24) is 10.5 Å². The van der Waals surface area contributed by atoms with Gasteiger partial charge in [0.15, 0.2) is 0 Å². The number of aromatic nitrogens is 1. The average Bonchev–Trinajstić information content (AvgIpc) is 2.92. The van der Waals surface area contributed by atoms with E-state index in [9.17, 15) is 4.79 Å². The maximum absolute atomic E-state index is 12.1. The first-order valence-electron chi connectivity index (χ1n) is 8.46. The van der Waals surface area contributed by atoms with Crippen LogP contribution < -0.4 is 15.5 Å². The van der Waals surface area contributed by atoms with E-state index in [2.05, 4.69) is 27.6 Å². The molecule has 1 fully saturated rings. The molecule has 1 saturated heterocycles. The number of morpholine rings is 1. The summed E-state index contributed by atoms with van der Waals surface area (Å²) in [6.45, 7) is 8.66. The molecule has 1 aromatic carbocycles. The van der Waals surface area contributed by atoms with Gasteiger partial charge in [0, 0.05) is 36.6 Å². The van der Waals surface area contributed by atoms with E-state index in [-0.39, 0.29) is 12.1 Å². The summed E-state index contributed by atoms with van der Waals surface area (Å²) in [5, 5.41) is 9.54. The van der Waals surface area contributed by atoms with Gasteiger partial charge in [-0.2, -0.15) is 0 Å². The maximum Gasteiger partial charge on any atom is 0.319 e. The van der Waals surface area contributed by atoms with Crippen molar-refractivity contribution >= 4 is 17.4 Å². The van der Waals surface area contributed by atoms with Crippen LogP contribution in [0.4, 0.5) is 16.2 Å². The lowest BCUT2D eigenvalue weighted by Crippen LogP contribution is -2.41. The molecule has 1 aromatic heterocycles. The third-order valence-corrected chi connectivity index (χ3v) is 4.34. The zero-order chi connectivity index (χ0) is 17.8. The highest BCUT2D eigenvalue weighted by Gasteiger charge is 2.17. The summed E-state index contributed by atoms with van der Waals surface area (Å²) in [4.78, 5) is 14.3. The van der Waals surface area contributed by atoms with Gasteiger partial charge in [-0.05, 0) is 45.0 Å². The molecule has 2 amide bonds. The summed E-state index contributed by atoms with van der Waals surface area (Å²) in [6.07, 6.45) is 0.238. The van der Waals surface area contributed by atoms with Gasteiger partial charge in [0.25, 0.3) is 0 Å². The maximum atomic E-state index is 12.1. The number of benzene rings is 1. The predicted octanol–water partition coefficient (Wildman–Crippen LogP) is 2.84. The van der Waals surface area contributed by atoms with Gasteiger partial charge < -0.3 is 24.8 Å². The zero-order valence-electron chi connectivity index (χ0n) is 14.8. The van der Waals surface area contributed by atoms with Crippen LogP contribution in [0.1, 0.15) is 23.9 Å². The lowest BCUT2D eigenvalue weighted by atomic mass is 10.2. The van der Waals surface area contributed by atoms with E-state index in [1.807, 2.05) is 38.1 Å². The normalized spacial score (nSPS) is 17.4. The van der Waals surface area contributed by atoms with Crippen molar-refractivity contribution in [1.29, 1.82) is 0 Å². The van der Waals surface area contributed by atoms with E-state index < -0.39 is 0 Å². The van der Waals surface area contributed by atoms with Gasteiger partial charge >= 0.3 is 6.03 Å². The van der Waals surface area contributed by atoms with E-state index >= 15 is 0 Å². The van der Waals surface area contributed by atoms with Crippen LogP contribution in [0.15, 0.2) is 28.8 Å². The number of nitrogens with one attached hydrogen (secondary N) is 2. The van der Waals surface area contributed by atoms with Crippen LogP contribution in [-0.2, 0) is 11.3 Å². The Morgan fingerprint density at radius 1 is 1.32 bits per heavy atom. The van der Waals surface area contributed by atoms with Gasteiger partial charge in [-0.3, -0.25) is 0 Å². The first-order chi connectivity index (χ1) is 12.0. The SMILES string of the molecule is Cc1noc(C)c1CNC(=O)Nc1ccc(N2CCO[C@@H](C)C2)cc1. The number of hydrogen-bond donors (Lipinski definition) is 2. The highest BCUT2D eigenvalue weighted by Crippen LogP contribution is 2.20. The molecule has 25 heavy (non-hydrogen) atoms. The fourth-order valence-electron chi connectivity index (χ4n) is 2.91. The van der Waals surface area contributed by atoms with Crippen molar-refractivity contribution in [2.75, 3.05) is 29.9 Å². The highest BCUT2D eigenvalue weighted by molar-refractivity contribution is 5.89. The Labute approximate surface area is 147 Å². The quantitative estimate of drug-likeness (QED) is 0.891. The standard InChI is InChI=1S/C18H24N4O3/c1-12-11-22(8-9-24-12)16-6-4-15(5-7-16)20-18(23)19-10-17-13(2)21-25-14(17)3/h4-7,12H,8-11H2,1-3H3,(H2,19,20,23)/t12-/m0/s1. The third-order valence-electron chi connectivity index (χ3n) is 4.34. The summed E-state index contributed by atoms with van der Waals surface area (Å²) in [5.74, 6) is 0.724. The number of ether oxygens (including phenoxy) is 1. The van der Waals surface area contributed by atoms with E-state index in [0.717, 1.165) is 48.1 Å². The summed E-state index contributed by atoms with van der Waals surface area (Å²) >= 11 is 0. The number of anilines is 2. The first kappa shape index (κ1) is 17.3. The van der Waals surface area contributed by atoms with Crippen molar-refractivity contribution < 1.29 is 14.1 Å². The predicted molar refractivity (Wildman–Crippen MR) is 95.9 cm³/mol. The van der Waals surface area contributed by atoms with Crippen LogP contribution in [0.2, 0.25) is 0 Å². The molecule has 134 valence electrons. The molecule has 0 spiro atoms. The second kappa shape index (κ2) is 7.57. The molecule has 3 rings (SSSR count). The number of urea groups is 1. The number of aryl methyl sites for hydroxylation is 2. The fourth-order valence-corrected chi connectivity index (χ4v) is 2.91. The lowest BCUT2D eigenvalue weighted by molar-refractivity contribution is 0.0532. The van der Waals surface area contributed by atoms with Crippen LogP contribution in [0, 0.1) is 13.8 Å². The number of hydrogen-bond acceptors (Lipinski definition) is 5. The summed E-state index contributed by atoms with van der Waals surface area (Å²) in [7, 11) is 0. The second-order valence-electron chi connectivity index (χ2n) is 6.28. The van der Waals surface area contributed by atoms with Crippen molar-refractivity contribution in [3.8, 4) is 0 Å². The first-order valence-corrected chi connectivity index (χ1v) is 8.46. The number of nitrogens with zero attached hydrogens (tertiary/aromatic N) is 2. The molecule has 1 aliphatic rings. The molecule has 1 atom stereocenters. The lowest BCUT2D eigenvalue weighted by Gasteiger charge is -2.33. The number of carbonyl (C=O) groups is 1. The molecular weight excluding hydrogens is 320 g/mol. The Balaban J connectivity index is 1.53. The Morgan fingerprint density at radius 3 is 2.72 bits per heavy atom. The van der Waals surface area contributed by atoms with Gasteiger partial charge in [0.1, 0.15) is 5.76 Å². The Bertz CT molecular complexity index is 707. The Morgan fingerprint density at radius 2 is 2.08 bits per heavy atom. The number of carbonyl (C=O) groups excluding carboxylic acids is 1. The zero-order valence-corrected chi connectivity index (χ0v) is 14.8. The Kier molecular flexibility index (Phi) is 5.23. The molecule has 2 N–H and O–H groups in total. The van der Waals surface area contributed by atoms with Gasteiger partial charge in [0.05, 0.1) is 18.4 Å². The van der Waals surface area contributed by atoms with Crippen molar-refractivity contribution in [3.05, 3.63) is 41.3 Å². The molecule has 7 nitrogen and oxygen atoms in total. The molecular formula is C18H24N4O3. The largest absolute Gasteiger partial charge is 0.375 e.